The summed E-state index contributed by atoms with van der Waals surface area (Å²) in [6, 6.07) is 0. The normalized spacial score (nSPS) is 8.36. The van der Waals surface area contributed by atoms with Crippen LogP contribution < -0.4 is 0 Å². The van der Waals surface area contributed by atoms with Gasteiger partial charge in [-0.2, -0.15) is 11.8 Å². The third kappa shape index (κ3) is 24.9. The van der Waals surface area contributed by atoms with Crippen LogP contribution in [0.4, 0.5) is 0 Å². The molecule has 0 spiro atoms. The first-order chi connectivity index (χ1) is 5.33. The van der Waals surface area contributed by atoms with Gasteiger partial charge < -0.3 is 0 Å². The largest absolute Gasteiger partial charge is 0.238 e. The van der Waals surface area contributed by atoms with E-state index < -0.39 is 0 Å². The molecule has 0 heterocycles. The second kappa shape index (κ2) is 17.0. The fraction of sp³-hybridized carbons (Fsp3) is 1.00. The van der Waals surface area contributed by atoms with Crippen LogP contribution in [0.2, 0.25) is 6.32 Å². The highest BCUT2D eigenvalue weighted by atomic mass is 35.5. The van der Waals surface area contributed by atoms with Crippen LogP contribution in [0.15, 0.2) is 0 Å². The van der Waals surface area contributed by atoms with Gasteiger partial charge in [0.1, 0.15) is 0 Å². The molecule has 0 aliphatic rings. The van der Waals surface area contributed by atoms with Crippen molar-refractivity contribution in [2.75, 3.05) is 12.5 Å². The van der Waals surface area contributed by atoms with Crippen LogP contribution in [0.1, 0.15) is 32.6 Å². The zero-order chi connectivity index (χ0) is 8.95. The van der Waals surface area contributed by atoms with Crippen molar-refractivity contribution in [1.82, 2.24) is 0 Å². The van der Waals surface area contributed by atoms with Gasteiger partial charge in [-0.3, -0.25) is 0 Å². The third-order valence-corrected chi connectivity index (χ3v) is 1.39. The Hall–Kier alpha value is 0.705. The van der Waals surface area contributed by atoms with E-state index in [1.807, 2.05) is 12.5 Å². The molecule has 0 rings (SSSR count). The minimum atomic E-state index is 1.07. The van der Waals surface area contributed by atoms with E-state index in [4.69, 9.17) is 11.5 Å². The maximum Gasteiger partial charge on any atom is 0.238 e. The van der Waals surface area contributed by atoms with Gasteiger partial charge in [0.2, 0.25) is 6.69 Å². The van der Waals surface area contributed by atoms with E-state index in [0.29, 0.717) is 0 Å². The maximum atomic E-state index is 5.36. The Morgan fingerprint density at radius 3 is 2.09 bits per heavy atom. The lowest BCUT2D eigenvalue weighted by Crippen LogP contribution is -1.78. The first kappa shape index (κ1) is 14.2. The highest BCUT2D eigenvalue weighted by molar-refractivity contribution is 7.97. The van der Waals surface area contributed by atoms with E-state index in [2.05, 4.69) is 6.92 Å². The van der Waals surface area contributed by atoms with Gasteiger partial charge in [0.05, 0.1) is 0 Å². The van der Waals surface area contributed by atoms with E-state index >= 15 is 0 Å². The molecule has 0 aliphatic carbocycles. The molecule has 11 heavy (non-hydrogen) atoms. The molecule has 3 heteroatoms. The van der Waals surface area contributed by atoms with Crippen molar-refractivity contribution in [3.63, 3.8) is 0 Å². The molecule has 0 aliphatic heterocycles. The van der Waals surface area contributed by atoms with Crippen molar-refractivity contribution in [3.8, 4) is 0 Å². The predicted molar refractivity (Wildman–Crippen MR) is 60.0 cm³/mol. The summed E-state index contributed by atoms with van der Waals surface area (Å²) in [4.78, 5) is 0. The van der Waals surface area contributed by atoms with Gasteiger partial charge in [0.15, 0.2) is 0 Å². The van der Waals surface area contributed by atoms with Crippen LogP contribution in [-0.4, -0.2) is 19.2 Å². The fourth-order valence-corrected chi connectivity index (χ4v) is 0.803. The molecule has 67 valence electrons. The van der Waals surface area contributed by atoms with E-state index in [1.165, 1.54) is 25.7 Å². The van der Waals surface area contributed by atoms with Gasteiger partial charge in [-0.1, -0.05) is 38.9 Å². The lowest BCUT2D eigenvalue weighted by molar-refractivity contribution is 0.701. The molecule has 0 saturated carbocycles. The highest BCUT2D eigenvalue weighted by Crippen LogP contribution is 2.02. The van der Waals surface area contributed by atoms with E-state index in [-0.39, 0.29) is 0 Å². The van der Waals surface area contributed by atoms with Crippen molar-refractivity contribution < 1.29 is 0 Å². The topological polar surface area (TPSA) is 0 Å². The molecular weight excluding hydrogens is 174 g/mol. The Morgan fingerprint density at radius 1 is 1.18 bits per heavy atom. The second-order valence-electron chi connectivity index (χ2n) is 2.41. The average molecular weight is 194 g/mol. The molecule has 0 fully saturated rings. The van der Waals surface area contributed by atoms with Crippen LogP contribution >= 0.6 is 23.2 Å². The number of unbranched alkanes of at least 4 members (excludes halogenated alkanes) is 3. The molecule has 0 N–H and O–H groups in total. The summed E-state index contributed by atoms with van der Waals surface area (Å²) in [6.45, 7) is 3.93. The fourth-order valence-electron chi connectivity index (χ4n) is 0.648. The number of thioether (sulfide) groups is 1. The Balaban J connectivity index is 0. The number of hydrogen-bond donors (Lipinski definition) is 0. The minimum Gasteiger partial charge on any atom is -0.204 e. The molecule has 0 amide bonds. The molecule has 0 atom stereocenters. The SMILES string of the molecule is CCCCCC[B]Cl.CSC. The lowest BCUT2D eigenvalue weighted by atomic mass is 9.98. The van der Waals surface area contributed by atoms with Crippen molar-refractivity contribution in [2.24, 2.45) is 0 Å². The molecule has 0 aromatic rings. The molecular formula is C8H19BClS. The number of hydrogen-bond acceptors (Lipinski definition) is 1. The molecule has 1 radical (unpaired) electrons. The molecule has 0 unspecified atom stereocenters. The summed E-state index contributed by atoms with van der Waals surface area (Å²) < 4.78 is 0. The van der Waals surface area contributed by atoms with Crippen LogP contribution in [0.5, 0.6) is 0 Å². The Labute approximate surface area is 81.6 Å². The van der Waals surface area contributed by atoms with Gasteiger partial charge in [-0.05, 0) is 12.5 Å². The summed E-state index contributed by atoms with van der Waals surface area (Å²) in [7, 11) is 0. The van der Waals surface area contributed by atoms with Crippen molar-refractivity contribution in [1.29, 1.82) is 0 Å². The van der Waals surface area contributed by atoms with Crippen molar-refractivity contribution >= 4 is 29.9 Å². The zero-order valence-electron chi connectivity index (χ0n) is 7.90. The molecule has 0 bridgehead atoms. The van der Waals surface area contributed by atoms with E-state index in [9.17, 15) is 0 Å². The molecule has 0 aromatic carbocycles. The minimum absolute atomic E-state index is 1.07. The monoisotopic (exact) mass is 193 g/mol. The highest BCUT2D eigenvalue weighted by Gasteiger charge is 1.86. The van der Waals surface area contributed by atoms with Gasteiger partial charge in [0, 0.05) is 0 Å². The third-order valence-electron chi connectivity index (χ3n) is 1.17. The number of rotatable bonds is 5. The summed E-state index contributed by atoms with van der Waals surface area (Å²) in [5, 5.41) is 0. The van der Waals surface area contributed by atoms with Gasteiger partial charge in [0.25, 0.3) is 0 Å². The quantitative estimate of drug-likeness (QED) is 0.473. The summed E-state index contributed by atoms with van der Waals surface area (Å²) in [5.41, 5.74) is 0. The maximum absolute atomic E-state index is 5.36. The van der Waals surface area contributed by atoms with Crippen LogP contribution in [0.25, 0.3) is 0 Å². The van der Waals surface area contributed by atoms with Crippen molar-refractivity contribution in [3.05, 3.63) is 0 Å². The molecule has 0 nitrogen and oxygen atoms in total. The van der Waals surface area contributed by atoms with Crippen LogP contribution in [-0.2, 0) is 0 Å². The van der Waals surface area contributed by atoms with E-state index in [1.54, 1.807) is 18.5 Å². The van der Waals surface area contributed by atoms with Crippen molar-refractivity contribution in [2.45, 2.75) is 38.9 Å². The predicted octanol–water partition coefficient (Wildman–Crippen LogP) is 3.82. The lowest BCUT2D eigenvalue weighted by Gasteiger charge is -1.92. The average Bonchev–Trinajstić information content (AvgIpc) is 2.00. The Kier molecular flexibility index (Phi) is 22.0. The Morgan fingerprint density at radius 2 is 1.73 bits per heavy atom. The smallest absolute Gasteiger partial charge is 0.204 e. The summed E-state index contributed by atoms with van der Waals surface area (Å²) >= 11 is 7.11. The standard InChI is InChI=1S/C6H13BCl.C2H6S/c1-2-3-4-5-6-7-8;1-3-2/h2-6H2,1H3;1-2H3. The Bertz CT molecular complexity index is 47.4. The summed E-state index contributed by atoms with van der Waals surface area (Å²) in [6.07, 6.45) is 10.4. The molecule has 0 saturated heterocycles. The molecule has 0 aromatic heterocycles. The van der Waals surface area contributed by atoms with E-state index in [0.717, 1.165) is 6.32 Å². The summed E-state index contributed by atoms with van der Waals surface area (Å²) in [5.74, 6) is 0. The van der Waals surface area contributed by atoms with Gasteiger partial charge >= 0.3 is 0 Å². The van der Waals surface area contributed by atoms with Gasteiger partial charge in [-0.15, -0.1) is 0 Å². The van der Waals surface area contributed by atoms with Crippen LogP contribution in [0.3, 0.4) is 0 Å². The van der Waals surface area contributed by atoms with Gasteiger partial charge in [-0.25, -0.2) is 11.5 Å². The first-order valence-electron chi connectivity index (χ1n) is 4.15. The zero-order valence-corrected chi connectivity index (χ0v) is 9.47. The first-order valence-corrected chi connectivity index (χ1v) is 6.22. The second-order valence-corrected chi connectivity index (χ2v) is 3.54. The van der Waals surface area contributed by atoms with Crippen LogP contribution in [0, 0.1) is 0 Å². The number of halogens is 1.